The molecule has 1 aliphatic heterocycles. The molecule has 0 aliphatic carbocycles. The predicted octanol–water partition coefficient (Wildman–Crippen LogP) is 5.18. The Balaban J connectivity index is 1.48. The highest BCUT2D eigenvalue weighted by Crippen LogP contribution is 2.34. The van der Waals surface area contributed by atoms with Crippen LogP contribution in [0, 0.1) is 0 Å². The topological polar surface area (TPSA) is 55.1 Å². The van der Waals surface area contributed by atoms with Gasteiger partial charge >= 0.3 is 0 Å². The number of likely N-dealkylation sites (tertiary alicyclic amines) is 1. The number of carbonyl (C=O) groups excluding carboxylic acids is 1. The van der Waals surface area contributed by atoms with Crippen molar-refractivity contribution in [1.29, 1.82) is 0 Å². The van der Waals surface area contributed by atoms with Crippen molar-refractivity contribution in [1.82, 2.24) is 24.6 Å². The first-order valence-electron chi connectivity index (χ1n) is 11.9. The van der Waals surface area contributed by atoms with Gasteiger partial charge in [-0.05, 0) is 62.9 Å². The summed E-state index contributed by atoms with van der Waals surface area (Å²) in [5, 5.41) is 11.2. The van der Waals surface area contributed by atoms with Crippen molar-refractivity contribution in [3.05, 3.63) is 59.6 Å². The monoisotopic (exact) mass is 461 g/mol. The quantitative estimate of drug-likeness (QED) is 0.413. The van der Waals surface area contributed by atoms with Crippen molar-refractivity contribution in [3.8, 4) is 16.3 Å². The number of para-hydroxylation sites is 1. The number of amides is 1. The summed E-state index contributed by atoms with van der Waals surface area (Å²) in [5.41, 5.74) is 3.57. The number of nitrogens with zero attached hydrogens (tertiary/aromatic N) is 4. The van der Waals surface area contributed by atoms with Gasteiger partial charge in [-0.25, -0.2) is 4.68 Å². The number of nitrogens with one attached hydrogen (secondary N) is 1. The fraction of sp³-hybridized carbons (Fsp3) is 0.385. The van der Waals surface area contributed by atoms with Gasteiger partial charge in [0.15, 0.2) is 0 Å². The number of hydrogen-bond donors (Lipinski definition) is 1. The zero-order valence-electron chi connectivity index (χ0n) is 19.3. The van der Waals surface area contributed by atoms with Crippen LogP contribution in [0.5, 0.6) is 0 Å². The minimum atomic E-state index is -0.0190. The van der Waals surface area contributed by atoms with E-state index in [1.165, 1.54) is 19.3 Å². The minimum Gasteiger partial charge on any atom is -0.349 e. The van der Waals surface area contributed by atoms with Crippen molar-refractivity contribution >= 4 is 28.3 Å². The molecule has 3 aromatic heterocycles. The molecule has 0 spiro atoms. The number of benzene rings is 1. The van der Waals surface area contributed by atoms with Gasteiger partial charge in [0.25, 0.3) is 5.91 Å². The number of hydrogen-bond acceptors (Lipinski definition) is 4. The lowest BCUT2D eigenvalue weighted by molar-refractivity contribution is 0.0929. The van der Waals surface area contributed by atoms with E-state index in [4.69, 9.17) is 5.10 Å². The number of rotatable bonds is 7. The molecule has 1 aromatic carbocycles. The van der Waals surface area contributed by atoms with Crippen molar-refractivity contribution in [2.24, 2.45) is 0 Å². The van der Waals surface area contributed by atoms with E-state index >= 15 is 0 Å². The van der Waals surface area contributed by atoms with Crippen LogP contribution < -0.4 is 5.32 Å². The summed E-state index contributed by atoms with van der Waals surface area (Å²) in [4.78, 5) is 16.9. The van der Waals surface area contributed by atoms with Crippen LogP contribution >= 0.6 is 11.3 Å². The van der Waals surface area contributed by atoms with Crippen LogP contribution in [0.4, 0.5) is 0 Å². The number of piperidine rings is 1. The zero-order valence-corrected chi connectivity index (χ0v) is 20.1. The van der Waals surface area contributed by atoms with E-state index in [2.05, 4.69) is 52.2 Å². The first-order chi connectivity index (χ1) is 16.2. The molecule has 1 amide bonds. The summed E-state index contributed by atoms with van der Waals surface area (Å²) in [5.74, 6) is -0.0190. The highest BCUT2D eigenvalue weighted by Gasteiger charge is 2.24. The molecule has 1 N–H and O–H groups in total. The number of aromatic nitrogens is 3. The van der Waals surface area contributed by atoms with Crippen LogP contribution in [0.25, 0.3) is 27.3 Å². The van der Waals surface area contributed by atoms with Crippen molar-refractivity contribution < 1.29 is 4.79 Å². The van der Waals surface area contributed by atoms with E-state index in [-0.39, 0.29) is 5.91 Å². The fourth-order valence-electron chi connectivity index (χ4n) is 4.89. The summed E-state index contributed by atoms with van der Waals surface area (Å²) in [6.07, 6.45) is 3.81. The van der Waals surface area contributed by atoms with Gasteiger partial charge in [-0.15, -0.1) is 11.3 Å². The van der Waals surface area contributed by atoms with Crippen LogP contribution in [-0.4, -0.2) is 50.8 Å². The van der Waals surface area contributed by atoms with E-state index < -0.39 is 0 Å². The maximum Gasteiger partial charge on any atom is 0.268 e. The Hall–Kier alpha value is -2.90. The second-order valence-corrected chi connectivity index (χ2v) is 9.67. The van der Waals surface area contributed by atoms with E-state index in [1.807, 2.05) is 35.0 Å². The van der Waals surface area contributed by atoms with Gasteiger partial charge in [0, 0.05) is 31.1 Å². The maximum absolute atomic E-state index is 13.3. The third-order valence-electron chi connectivity index (χ3n) is 6.65. The first kappa shape index (κ1) is 21.9. The SMILES string of the molecule is CCn1c(C(=O)NCCN2CCCC[C@H]2C)cc2c(-c3cccs3)nn(-c3ccccc3)c21. The molecule has 0 unspecified atom stereocenters. The molecule has 1 atom stereocenters. The van der Waals surface area contributed by atoms with Gasteiger partial charge in [-0.1, -0.05) is 30.7 Å². The number of aryl methyl sites for hydroxylation is 1. The Morgan fingerprint density at radius 3 is 2.76 bits per heavy atom. The molecule has 172 valence electrons. The lowest BCUT2D eigenvalue weighted by Crippen LogP contribution is -2.42. The molecule has 4 aromatic rings. The maximum atomic E-state index is 13.3. The fourth-order valence-corrected chi connectivity index (χ4v) is 5.61. The molecule has 0 radical (unpaired) electrons. The lowest BCUT2D eigenvalue weighted by Gasteiger charge is -2.33. The highest BCUT2D eigenvalue weighted by molar-refractivity contribution is 7.13. The number of carbonyl (C=O) groups is 1. The average Bonchev–Trinajstić information content (AvgIpc) is 3.57. The summed E-state index contributed by atoms with van der Waals surface area (Å²) in [6.45, 7) is 7.76. The van der Waals surface area contributed by atoms with Crippen molar-refractivity contribution in [2.45, 2.75) is 45.7 Å². The average molecular weight is 462 g/mol. The Bertz CT molecular complexity index is 1220. The van der Waals surface area contributed by atoms with E-state index in [1.54, 1.807) is 11.3 Å². The molecule has 1 aliphatic rings. The Morgan fingerprint density at radius 1 is 1.18 bits per heavy atom. The molecule has 1 fully saturated rings. The Labute approximate surface area is 198 Å². The molecule has 4 heterocycles. The lowest BCUT2D eigenvalue weighted by atomic mass is 10.0. The third-order valence-corrected chi connectivity index (χ3v) is 7.53. The summed E-state index contributed by atoms with van der Waals surface area (Å²) in [7, 11) is 0. The summed E-state index contributed by atoms with van der Waals surface area (Å²) < 4.78 is 4.06. The number of thiophene rings is 1. The Morgan fingerprint density at radius 2 is 2.03 bits per heavy atom. The number of fused-ring (bicyclic) bond motifs is 1. The van der Waals surface area contributed by atoms with Crippen molar-refractivity contribution in [3.63, 3.8) is 0 Å². The highest BCUT2D eigenvalue weighted by atomic mass is 32.1. The molecule has 0 saturated carbocycles. The molecule has 1 saturated heterocycles. The van der Waals surface area contributed by atoms with E-state index in [0.717, 1.165) is 40.4 Å². The predicted molar refractivity (Wildman–Crippen MR) is 135 cm³/mol. The molecular weight excluding hydrogens is 430 g/mol. The second-order valence-electron chi connectivity index (χ2n) is 8.72. The van der Waals surface area contributed by atoms with E-state index in [9.17, 15) is 4.79 Å². The first-order valence-corrected chi connectivity index (χ1v) is 12.8. The second kappa shape index (κ2) is 9.53. The van der Waals surface area contributed by atoms with Gasteiger partial charge in [-0.2, -0.15) is 5.10 Å². The third kappa shape index (κ3) is 4.23. The van der Waals surface area contributed by atoms with Crippen LogP contribution in [-0.2, 0) is 6.54 Å². The molecular formula is C26H31N5OS. The van der Waals surface area contributed by atoms with Crippen LogP contribution in [0.15, 0.2) is 53.9 Å². The van der Waals surface area contributed by atoms with Gasteiger partial charge in [0.2, 0.25) is 0 Å². The molecule has 6 nitrogen and oxygen atoms in total. The van der Waals surface area contributed by atoms with Crippen LogP contribution in [0.2, 0.25) is 0 Å². The largest absolute Gasteiger partial charge is 0.349 e. The molecule has 7 heteroatoms. The van der Waals surface area contributed by atoms with E-state index in [0.29, 0.717) is 24.8 Å². The van der Waals surface area contributed by atoms with Gasteiger partial charge in [0.05, 0.1) is 10.6 Å². The summed E-state index contributed by atoms with van der Waals surface area (Å²) in [6, 6.07) is 16.9. The van der Waals surface area contributed by atoms with Crippen molar-refractivity contribution in [2.75, 3.05) is 19.6 Å². The van der Waals surface area contributed by atoms with Crippen LogP contribution in [0.1, 0.15) is 43.6 Å². The van der Waals surface area contributed by atoms with Gasteiger partial charge in [0.1, 0.15) is 17.0 Å². The minimum absolute atomic E-state index is 0.0190. The van der Waals surface area contributed by atoms with Gasteiger partial charge in [-0.3, -0.25) is 9.69 Å². The smallest absolute Gasteiger partial charge is 0.268 e. The zero-order chi connectivity index (χ0) is 22.8. The molecule has 5 rings (SSSR count). The normalized spacial score (nSPS) is 17.0. The molecule has 33 heavy (non-hydrogen) atoms. The standard InChI is InChI=1S/C26H31N5OS/c1-3-30-22(25(32)27-14-16-29-15-8-7-10-19(29)2)18-21-24(23-13-9-17-33-23)28-31(26(21)30)20-11-5-4-6-12-20/h4-6,9,11-13,17-19H,3,7-8,10,14-16H2,1-2H3,(H,27,32)/t19-/m1/s1. The summed E-state index contributed by atoms with van der Waals surface area (Å²) >= 11 is 1.67. The Kier molecular flexibility index (Phi) is 6.33. The van der Waals surface area contributed by atoms with Gasteiger partial charge < -0.3 is 9.88 Å². The molecule has 0 bridgehead atoms. The van der Waals surface area contributed by atoms with Crippen LogP contribution in [0.3, 0.4) is 0 Å².